The Morgan fingerprint density at radius 1 is 1.32 bits per heavy atom. The summed E-state index contributed by atoms with van der Waals surface area (Å²) < 4.78 is 1.76. The molecular formula is C15H19ClN2O. The van der Waals surface area contributed by atoms with Gasteiger partial charge in [-0.3, -0.25) is 4.68 Å². The van der Waals surface area contributed by atoms with Crippen LogP contribution in [-0.2, 0) is 19.9 Å². The third kappa shape index (κ3) is 2.99. The number of aliphatic hydroxyl groups is 1. The third-order valence-corrected chi connectivity index (χ3v) is 3.79. The molecule has 1 unspecified atom stereocenters. The minimum atomic E-state index is -0.557. The molecule has 19 heavy (non-hydrogen) atoms. The van der Waals surface area contributed by atoms with Crippen LogP contribution in [0, 0.1) is 6.92 Å². The zero-order valence-corrected chi connectivity index (χ0v) is 12.3. The Labute approximate surface area is 118 Å². The van der Waals surface area contributed by atoms with Gasteiger partial charge in [0.15, 0.2) is 0 Å². The summed E-state index contributed by atoms with van der Waals surface area (Å²) in [5, 5.41) is 15.3. The Kier molecular flexibility index (Phi) is 4.27. The quantitative estimate of drug-likeness (QED) is 0.932. The average molecular weight is 279 g/mol. The number of aryl methyl sites for hydroxylation is 3. The summed E-state index contributed by atoms with van der Waals surface area (Å²) >= 11 is 6.29. The topological polar surface area (TPSA) is 38.0 Å². The zero-order chi connectivity index (χ0) is 14.0. The van der Waals surface area contributed by atoms with Gasteiger partial charge in [-0.15, -0.1) is 0 Å². The molecule has 2 rings (SSSR count). The predicted octanol–water partition coefficient (Wildman–Crippen LogP) is 3.22. The van der Waals surface area contributed by atoms with Gasteiger partial charge in [0.2, 0.25) is 0 Å². The number of rotatable bonds is 4. The first-order chi connectivity index (χ1) is 9.02. The van der Waals surface area contributed by atoms with Crippen LogP contribution in [0.25, 0.3) is 0 Å². The Morgan fingerprint density at radius 2 is 1.95 bits per heavy atom. The van der Waals surface area contributed by atoms with Crippen molar-refractivity contribution in [2.75, 3.05) is 0 Å². The fraction of sp³-hybridized carbons (Fsp3) is 0.400. The summed E-state index contributed by atoms with van der Waals surface area (Å²) in [5.74, 6) is 0. The minimum Gasteiger partial charge on any atom is -0.388 e. The standard InChI is InChI=1S/C15H19ClN2O/c1-4-12-15(16)13(18(3)17-12)9-14(19)11-7-5-10(2)6-8-11/h5-8,14,19H,4,9H2,1-3H3. The third-order valence-electron chi connectivity index (χ3n) is 3.35. The van der Waals surface area contributed by atoms with Gasteiger partial charge in [-0.1, -0.05) is 48.4 Å². The van der Waals surface area contributed by atoms with Crippen LogP contribution in [0.2, 0.25) is 5.02 Å². The Bertz CT molecular complexity index is 560. The highest BCUT2D eigenvalue weighted by molar-refractivity contribution is 6.31. The number of aromatic nitrogens is 2. The van der Waals surface area contributed by atoms with E-state index in [0.717, 1.165) is 23.4 Å². The zero-order valence-electron chi connectivity index (χ0n) is 11.5. The smallest absolute Gasteiger partial charge is 0.0850 e. The van der Waals surface area contributed by atoms with Crippen LogP contribution in [0.3, 0.4) is 0 Å². The van der Waals surface area contributed by atoms with Crippen LogP contribution < -0.4 is 0 Å². The van der Waals surface area contributed by atoms with Gasteiger partial charge in [0, 0.05) is 13.5 Å². The molecule has 102 valence electrons. The number of hydrogen-bond donors (Lipinski definition) is 1. The van der Waals surface area contributed by atoms with E-state index < -0.39 is 6.10 Å². The second-order valence-electron chi connectivity index (χ2n) is 4.82. The summed E-state index contributed by atoms with van der Waals surface area (Å²) in [4.78, 5) is 0. The normalized spacial score (nSPS) is 12.7. The van der Waals surface area contributed by atoms with Gasteiger partial charge in [0.1, 0.15) is 0 Å². The summed E-state index contributed by atoms with van der Waals surface area (Å²) in [6.45, 7) is 4.05. The highest BCUT2D eigenvalue weighted by Crippen LogP contribution is 2.26. The van der Waals surface area contributed by atoms with Crippen LogP contribution in [0.1, 0.15) is 35.5 Å². The van der Waals surface area contributed by atoms with Gasteiger partial charge < -0.3 is 5.11 Å². The first-order valence-electron chi connectivity index (χ1n) is 6.47. The number of aliphatic hydroxyl groups excluding tert-OH is 1. The fourth-order valence-electron chi connectivity index (χ4n) is 2.13. The minimum absolute atomic E-state index is 0.478. The van der Waals surface area contributed by atoms with E-state index in [1.54, 1.807) is 4.68 Å². The van der Waals surface area contributed by atoms with E-state index in [1.807, 2.05) is 45.2 Å². The lowest BCUT2D eigenvalue weighted by Gasteiger charge is -2.12. The van der Waals surface area contributed by atoms with Crippen molar-refractivity contribution in [1.82, 2.24) is 9.78 Å². The molecule has 0 bridgehead atoms. The summed E-state index contributed by atoms with van der Waals surface area (Å²) in [6, 6.07) is 7.90. The van der Waals surface area contributed by atoms with E-state index >= 15 is 0 Å². The molecule has 1 aromatic carbocycles. The molecule has 0 saturated carbocycles. The van der Waals surface area contributed by atoms with E-state index in [4.69, 9.17) is 11.6 Å². The van der Waals surface area contributed by atoms with E-state index in [2.05, 4.69) is 5.10 Å². The maximum Gasteiger partial charge on any atom is 0.0850 e. The second-order valence-corrected chi connectivity index (χ2v) is 5.19. The lowest BCUT2D eigenvalue weighted by Crippen LogP contribution is -2.06. The van der Waals surface area contributed by atoms with Crippen molar-refractivity contribution in [2.24, 2.45) is 7.05 Å². The molecule has 2 aromatic rings. The Hall–Kier alpha value is -1.32. The fourth-order valence-corrected chi connectivity index (χ4v) is 2.50. The monoisotopic (exact) mass is 278 g/mol. The van der Waals surface area contributed by atoms with Crippen LogP contribution in [-0.4, -0.2) is 14.9 Å². The van der Waals surface area contributed by atoms with E-state index in [9.17, 15) is 5.11 Å². The van der Waals surface area contributed by atoms with Crippen molar-refractivity contribution in [3.63, 3.8) is 0 Å². The molecule has 1 N–H and O–H groups in total. The van der Waals surface area contributed by atoms with Crippen molar-refractivity contribution in [1.29, 1.82) is 0 Å². The SMILES string of the molecule is CCc1nn(C)c(CC(O)c2ccc(C)cc2)c1Cl. The molecule has 0 aliphatic heterocycles. The summed E-state index contributed by atoms with van der Waals surface area (Å²) in [6.07, 6.45) is 0.719. The molecule has 4 heteroatoms. The van der Waals surface area contributed by atoms with Gasteiger partial charge in [-0.25, -0.2) is 0 Å². The molecule has 0 radical (unpaired) electrons. The summed E-state index contributed by atoms with van der Waals surface area (Å²) in [5.41, 5.74) is 3.85. The molecule has 1 atom stereocenters. The maximum absolute atomic E-state index is 10.3. The van der Waals surface area contributed by atoms with Crippen LogP contribution in [0.15, 0.2) is 24.3 Å². The second kappa shape index (κ2) is 5.76. The molecule has 0 fully saturated rings. The van der Waals surface area contributed by atoms with Gasteiger partial charge in [-0.05, 0) is 18.9 Å². The Morgan fingerprint density at radius 3 is 2.47 bits per heavy atom. The number of nitrogens with zero attached hydrogens (tertiary/aromatic N) is 2. The summed E-state index contributed by atoms with van der Waals surface area (Å²) in [7, 11) is 1.86. The van der Waals surface area contributed by atoms with Crippen molar-refractivity contribution >= 4 is 11.6 Å². The largest absolute Gasteiger partial charge is 0.388 e. The lowest BCUT2D eigenvalue weighted by molar-refractivity contribution is 0.176. The van der Waals surface area contributed by atoms with E-state index in [1.165, 1.54) is 5.56 Å². The van der Waals surface area contributed by atoms with E-state index in [-0.39, 0.29) is 0 Å². The lowest BCUT2D eigenvalue weighted by atomic mass is 10.0. The first-order valence-corrected chi connectivity index (χ1v) is 6.85. The van der Waals surface area contributed by atoms with Gasteiger partial charge in [-0.2, -0.15) is 5.10 Å². The van der Waals surface area contributed by atoms with Crippen molar-refractivity contribution < 1.29 is 5.11 Å². The van der Waals surface area contributed by atoms with Gasteiger partial charge in [0.25, 0.3) is 0 Å². The van der Waals surface area contributed by atoms with Crippen LogP contribution in [0.4, 0.5) is 0 Å². The first kappa shape index (κ1) is 14.1. The van der Waals surface area contributed by atoms with E-state index in [0.29, 0.717) is 11.4 Å². The molecule has 0 spiro atoms. The molecule has 3 nitrogen and oxygen atoms in total. The van der Waals surface area contributed by atoms with Crippen LogP contribution in [0.5, 0.6) is 0 Å². The molecule has 1 aromatic heterocycles. The molecule has 0 aliphatic rings. The van der Waals surface area contributed by atoms with Crippen molar-refractivity contribution in [3.05, 3.63) is 51.8 Å². The van der Waals surface area contributed by atoms with Crippen molar-refractivity contribution in [2.45, 2.75) is 32.8 Å². The maximum atomic E-state index is 10.3. The molecule has 1 heterocycles. The molecular weight excluding hydrogens is 260 g/mol. The molecule has 0 amide bonds. The number of benzene rings is 1. The molecule has 0 saturated heterocycles. The average Bonchev–Trinajstić information content (AvgIpc) is 2.67. The van der Waals surface area contributed by atoms with Crippen molar-refractivity contribution in [3.8, 4) is 0 Å². The molecule has 0 aliphatic carbocycles. The number of hydrogen-bond acceptors (Lipinski definition) is 2. The highest BCUT2D eigenvalue weighted by Gasteiger charge is 2.17. The predicted molar refractivity (Wildman–Crippen MR) is 77.4 cm³/mol. The van der Waals surface area contributed by atoms with Gasteiger partial charge >= 0.3 is 0 Å². The number of halogens is 1. The van der Waals surface area contributed by atoms with Gasteiger partial charge in [0.05, 0.1) is 22.5 Å². The Balaban J connectivity index is 2.21. The van der Waals surface area contributed by atoms with Crippen LogP contribution >= 0.6 is 11.6 Å². The highest BCUT2D eigenvalue weighted by atomic mass is 35.5.